The summed E-state index contributed by atoms with van der Waals surface area (Å²) in [6.45, 7) is 1.92. The minimum absolute atomic E-state index is 0.0152. The predicted molar refractivity (Wildman–Crippen MR) is 153 cm³/mol. The number of hydrogen-bond acceptors (Lipinski definition) is 9. The number of likely N-dealkylation sites (tertiary alicyclic amines) is 1. The third-order valence-electron chi connectivity index (χ3n) is 8.99. The molecular formula is C30H30F3N9O3. The lowest BCUT2D eigenvalue weighted by atomic mass is 9.69. The largest absolute Gasteiger partial charge is 0.474 e. The van der Waals surface area contributed by atoms with Gasteiger partial charge in [0.15, 0.2) is 0 Å². The average molecular weight is 622 g/mol. The maximum Gasteiger partial charge on any atom is 0.433 e. The lowest BCUT2D eigenvalue weighted by molar-refractivity contribution is -0.141. The van der Waals surface area contributed by atoms with Crippen LogP contribution in [0.5, 0.6) is 5.88 Å². The van der Waals surface area contributed by atoms with Gasteiger partial charge in [0.1, 0.15) is 30.4 Å². The summed E-state index contributed by atoms with van der Waals surface area (Å²) in [6, 6.07) is 6.93. The van der Waals surface area contributed by atoms with E-state index < -0.39 is 23.5 Å². The second kappa shape index (κ2) is 11.3. The number of piperidine rings is 1. The Bertz CT molecular complexity index is 1750. The number of fused-ring (bicyclic) bond motifs is 1. The number of carbonyl (C=O) groups excluding carboxylic acids is 1. The Balaban J connectivity index is 0.988. The van der Waals surface area contributed by atoms with Gasteiger partial charge in [0.25, 0.3) is 0 Å². The Labute approximate surface area is 255 Å². The van der Waals surface area contributed by atoms with Gasteiger partial charge in [0.05, 0.1) is 36.5 Å². The highest BCUT2D eigenvalue weighted by Gasteiger charge is 2.49. The van der Waals surface area contributed by atoms with E-state index in [0.29, 0.717) is 38.9 Å². The maximum atomic E-state index is 13.6. The average Bonchev–Trinajstić information content (AvgIpc) is 3.77. The van der Waals surface area contributed by atoms with E-state index in [-0.39, 0.29) is 36.7 Å². The number of halogens is 3. The van der Waals surface area contributed by atoms with Crippen molar-refractivity contribution in [2.24, 2.45) is 0 Å². The van der Waals surface area contributed by atoms with Crippen molar-refractivity contribution in [3.8, 4) is 23.2 Å². The molecule has 7 rings (SSSR count). The van der Waals surface area contributed by atoms with Crippen LogP contribution in [0, 0.1) is 11.3 Å². The minimum atomic E-state index is -4.65. The molecule has 3 aliphatic rings. The first-order valence-corrected chi connectivity index (χ1v) is 14.8. The van der Waals surface area contributed by atoms with Crippen molar-refractivity contribution in [2.75, 3.05) is 26.2 Å². The number of hydrogen-bond donors (Lipinski definition) is 1. The van der Waals surface area contributed by atoms with Gasteiger partial charge < -0.3 is 19.4 Å². The van der Waals surface area contributed by atoms with E-state index >= 15 is 0 Å². The number of alkyl halides is 3. The topological polar surface area (TPSA) is 138 Å². The number of cyclic esters (lactones) is 1. The van der Waals surface area contributed by atoms with E-state index in [2.05, 4.69) is 36.0 Å². The van der Waals surface area contributed by atoms with Crippen molar-refractivity contribution in [1.82, 2.24) is 39.5 Å². The van der Waals surface area contributed by atoms with Crippen LogP contribution in [0.15, 0.2) is 43.1 Å². The molecule has 1 saturated carbocycles. The molecule has 0 unspecified atom stereocenters. The van der Waals surface area contributed by atoms with Crippen LogP contribution in [0.1, 0.15) is 43.4 Å². The number of H-pyrrole nitrogens is 1. The van der Waals surface area contributed by atoms with Crippen LogP contribution in [0.25, 0.3) is 22.3 Å². The summed E-state index contributed by atoms with van der Waals surface area (Å²) in [4.78, 5) is 31.1. The molecule has 0 atom stereocenters. The third-order valence-corrected chi connectivity index (χ3v) is 8.99. The Morgan fingerprint density at radius 3 is 2.73 bits per heavy atom. The highest BCUT2D eigenvalue weighted by Crippen LogP contribution is 2.45. The molecule has 2 aliphatic heterocycles. The van der Waals surface area contributed by atoms with Gasteiger partial charge in [0, 0.05) is 55.1 Å². The highest BCUT2D eigenvalue weighted by atomic mass is 19.4. The van der Waals surface area contributed by atoms with Crippen molar-refractivity contribution in [1.29, 1.82) is 5.26 Å². The van der Waals surface area contributed by atoms with E-state index in [0.717, 1.165) is 41.2 Å². The number of rotatable bonds is 8. The number of amides is 1. The summed E-state index contributed by atoms with van der Waals surface area (Å²) in [6.07, 6.45) is 4.64. The van der Waals surface area contributed by atoms with Crippen molar-refractivity contribution in [2.45, 2.75) is 62.5 Å². The zero-order valence-electron chi connectivity index (χ0n) is 24.2. The van der Waals surface area contributed by atoms with Crippen LogP contribution in [0.3, 0.4) is 0 Å². The third kappa shape index (κ3) is 5.66. The van der Waals surface area contributed by atoms with Gasteiger partial charge in [-0.15, -0.1) is 0 Å². The van der Waals surface area contributed by atoms with E-state index in [4.69, 9.17) is 9.47 Å². The van der Waals surface area contributed by atoms with Gasteiger partial charge in [-0.1, -0.05) is 0 Å². The zero-order valence-corrected chi connectivity index (χ0v) is 24.2. The maximum absolute atomic E-state index is 13.6. The van der Waals surface area contributed by atoms with E-state index in [1.54, 1.807) is 6.20 Å². The molecule has 1 N–H and O–H groups in total. The first kappa shape index (κ1) is 29.0. The number of carbonyl (C=O) groups is 1. The molecule has 3 fully saturated rings. The van der Waals surface area contributed by atoms with Crippen molar-refractivity contribution >= 4 is 17.1 Å². The molecule has 0 radical (unpaired) electrons. The van der Waals surface area contributed by atoms with Gasteiger partial charge >= 0.3 is 12.3 Å². The molecule has 1 amide bonds. The normalized spacial score (nSPS) is 22.8. The minimum Gasteiger partial charge on any atom is -0.474 e. The Morgan fingerprint density at radius 2 is 2.00 bits per heavy atom. The lowest BCUT2D eigenvalue weighted by Gasteiger charge is -2.52. The van der Waals surface area contributed by atoms with E-state index in [9.17, 15) is 23.2 Å². The fourth-order valence-electron chi connectivity index (χ4n) is 6.62. The molecule has 1 aliphatic carbocycles. The van der Waals surface area contributed by atoms with Crippen LogP contribution in [0.2, 0.25) is 0 Å². The predicted octanol–water partition coefficient (Wildman–Crippen LogP) is 4.50. The lowest BCUT2D eigenvalue weighted by Crippen LogP contribution is -2.58. The molecular weight excluding hydrogens is 591 g/mol. The number of nitrogens with zero attached hydrogens (tertiary/aromatic N) is 8. The standard InChI is InChI=1S/C30H30F3N9O3/c31-30(32,33)24-11-19(16-41-9-10-44-28(41)43)12-25(39-24)45-22-2-7-40(8-3-22)21-13-29(14-21,4-5-34)42-17-20(15-38-42)26-23-1-6-35-27(23)37-18-36-26/h1,6,11-12,15,17-18,21-22H,2-4,7-10,13-14,16H2,(H,35,36,37). The molecule has 0 bridgehead atoms. The SMILES string of the molecule is N#CCC1(n2cc(-c3ncnc4[nH]ccc34)cn2)CC(N2CCC(Oc3cc(CN4CCOC4=O)cc(C(F)(F)F)n3)CC2)C1. The highest BCUT2D eigenvalue weighted by molar-refractivity contribution is 5.90. The summed E-state index contributed by atoms with van der Waals surface area (Å²) in [5, 5.41) is 15.2. The van der Waals surface area contributed by atoms with E-state index in [1.165, 1.54) is 17.3 Å². The van der Waals surface area contributed by atoms with Gasteiger partial charge in [-0.05, 0) is 43.4 Å². The fraction of sp³-hybridized carbons (Fsp3) is 0.467. The Kier molecular flexibility index (Phi) is 7.31. The van der Waals surface area contributed by atoms with Gasteiger partial charge in [0.2, 0.25) is 5.88 Å². The zero-order chi connectivity index (χ0) is 31.2. The van der Waals surface area contributed by atoms with E-state index in [1.807, 2.05) is 23.1 Å². The molecule has 2 saturated heterocycles. The van der Waals surface area contributed by atoms with Crippen molar-refractivity contribution < 1.29 is 27.4 Å². The van der Waals surface area contributed by atoms with Crippen molar-refractivity contribution in [3.05, 3.63) is 54.4 Å². The summed E-state index contributed by atoms with van der Waals surface area (Å²) in [5.41, 5.74) is 1.18. The quantitative estimate of drug-likeness (QED) is 0.301. The number of nitrogens with one attached hydrogen (secondary N) is 1. The number of pyridine rings is 1. The second-order valence-corrected chi connectivity index (χ2v) is 11.8. The Hall–Kier alpha value is -4.71. The van der Waals surface area contributed by atoms with Crippen LogP contribution in [-0.2, 0) is 23.0 Å². The van der Waals surface area contributed by atoms with Gasteiger partial charge in [-0.3, -0.25) is 9.58 Å². The number of ether oxygens (including phenoxy) is 2. The number of aromatic amines is 1. The molecule has 0 spiro atoms. The molecule has 4 aromatic heterocycles. The summed E-state index contributed by atoms with van der Waals surface area (Å²) in [7, 11) is 0. The monoisotopic (exact) mass is 621 g/mol. The van der Waals surface area contributed by atoms with Crippen LogP contribution in [-0.4, -0.2) is 84.0 Å². The molecule has 15 heteroatoms. The first-order chi connectivity index (χ1) is 21.7. The van der Waals surface area contributed by atoms with Gasteiger partial charge in [-0.2, -0.15) is 23.5 Å². The molecule has 0 aromatic carbocycles. The Morgan fingerprint density at radius 1 is 1.18 bits per heavy atom. The second-order valence-electron chi connectivity index (χ2n) is 11.8. The smallest absolute Gasteiger partial charge is 0.433 e. The number of aromatic nitrogens is 6. The van der Waals surface area contributed by atoms with Crippen molar-refractivity contribution in [3.63, 3.8) is 0 Å². The fourth-order valence-corrected chi connectivity index (χ4v) is 6.62. The molecule has 4 aromatic rings. The van der Waals surface area contributed by atoms with Crippen LogP contribution >= 0.6 is 0 Å². The van der Waals surface area contributed by atoms with Crippen LogP contribution < -0.4 is 4.74 Å². The van der Waals surface area contributed by atoms with Crippen LogP contribution in [0.4, 0.5) is 18.0 Å². The summed E-state index contributed by atoms with van der Waals surface area (Å²) in [5.74, 6) is -0.0994. The summed E-state index contributed by atoms with van der Waals surface area (Å²) >= 11 is 0. The molecule has 6 heterocycles. The summed E-state index contributed by atoms with van der Waals surface area (Å²) < 4.78 is 53.6. The number of nitriles is 1. The molecule has 12 nitrogen and oxygen atoms in total. The molecule has 45 heavy (non-hydrogen) atoms. The van der Waals surface area contributed by atoms with Gasteiger partial charge in [-0.25, -0.2) is 19.7 Å². The molecule has 234 valence electrons. The first-order valence-electron chi connectivity index (χ1n) is 14.8.